The van der Waals surface area contributed by atoms with E-state index < -0.39 is 23.6 Å². The molecule has 0 aliphatic rings. The second kappa shape index (κ2) is 7.40. The van der Waals surface area contributed by atoms with Crippen LogP contribution in [0.3, 0.4) is 0 Å². The maximum atomic E-state index is 13.7. The van der Waals surface area contributed by atoms with Crippen LogP contribution in [0.25, 0.3) is 0 Å². The maximum absolute atomic E-state index is 13.7. The van der Waals surface area contributed by atoms with Crippen LogP contribution in [0.15, 0.2) is 23.4 Å². The van der Waals surface area contributed by atoms with E-state index in [1.807, 2.05) is 6.92 Å². The molecule has 2 aromatic rings. The minimum Gasteiger partial charge on any atom is -0.480 e. The Kier molecular flexibility index (Phi) is 5.54. The lowest BCUT2D eigenvalue weighted by molar-refractivity contribution is -0.115. The summed E-state index contributed by atoms with van der Waals surface area (Å²) in [7, 11) is 0. The number of halogens is 2. The predicted molar refractivity (Wildman–Crippen MR) is 81.0 cm³/mol. The first-order valence-electron chi connectivity index (χ1n) is 6.88. The van der Waals surface area contributed by atoms with E-state index in [1.54, 1.807) is 11.5 Å². The normalized spacial score (nSPS) is 12.2. The van der Waals surface area contributed by atoms with Crippen molar-refractivity contribution in [3.63, 3.8) is 0 Å². The lowest BCUT2D eigenvalue weighted by Crippen LogP contribution is -2.15. The largest absolute Gasteiger partial charge is 0.480 e. The van der Waals surface area contributed by atoms with Gasteiger partial charge >= 0.3 is 0 Å². The molecule has 1 aromatic carbocycles. The third-order valence-corrected chi connectivity index (χ3v) is 3.96. The molecule has 1 atom stereocenters. The number of aromatic nitrogens is 3. The zero-order valence-corrected chi connectivity index (χ0v) is 13.4. The number of carbonyl (C=O) groups excluding carboxylic acids is 1. The van der Waals surface area contributed by atoms with E-state index in [2.05, 4.69) is 10.2 Å². The Morgan fingerprint density at radius 2 is 2.17 bits per heavy atom. The number of hydrogen-bond donors (Lipinski definition) is 1. The van der Waals surface area contributed by atoms with Crippen LogP contribution in [0.4, 0.5) is 8.78 Å². The number of amides is 1. The zero-order chi connectivity index (χ0) is 17.0. The first kappa shape index (κ1) is 17.2. The van der Waals surface area contributed by atoms with Crippen molar-refractivity contribution in [2.45, 2.75) is 31.7 Å². The Morgan fingerprint density at radius 3 is 2.78 bits per heavy atom. The van der Waals surface area contributed by atoms with Gasteiger partial charge in [-0.2, -0.15) is 0 Å². The van der Waals surface area contributed by atoms with Gasteiger partial charge in [-0.25, -0.2) is 8.78 Å². The molecular formula is C14H16F2N4O2S. The smallest absolute Gasteiger partial charge is 0.227 e. The summed E-state index contributed by atoms with van der Waals surface area (Å²) in [5.41, 5.74) is 5.12. The van der Waals surface area contributed by atoms with Crippen LogP contribution in [0, 0.1) is 11.6 Å². The van der Waals surface area contributed by atoms with Crippen LogP contribution in [-0.2, 0) is 11.3 Å². The lowest BCUT2D eigenvalue weighted by Gasteiger charge is -2.16. The van der Waals surface area contributed by atoms with Crippen molar-refractivity contribution in [3.8, 4) is 5.75 Å². The maximum Gasteiger partial charge on any atom is 0.227 e. The van der Waals surface area contributed by atoms with E-state index in [0.29, 0.717) is 17.5 Å². The molecule has 6 nitrogen and oxygen atoms in total. The number of carbonyl (C=O) groups is 1. The van der Waals surface area contributed by atoms with Crippen molar-refractivity contribution < 1.29 is 18.3 Å². The fourth-order valence-corrected chi connectivity index (χ4v) is 2.70. The van der Waals surface area contributed by atoms with Gasteiger partial charge in [0, 0.05) is 12.6 Å². The zero-order valence-electron chi connectivity index (χ0n) is 12.6. The van der Waals surface area contributed by atoms with Gasteiger partial charge in [0.05, 0.1) is 5.75 Å². The van der Waals surface area contributed by atoms with E-state index in [9.17, 15) is 13.6 Å². The standard InChI is InChI=1S/C14H16F2N4O2S/c1-3-20-13(18-19-14(20)23-7-12(17)21)8(2)22-11-5-4-9(15)6-10(11)16/h4-6,8H,3,7H2,1-2H3,(H2,17,21). The summed E-state index contributed by atoms with van der Waals surface area (Å²) in [6.45, 7) is 4.11. The highest BCUT2D eigenvalue weighted by Crippen LogP contribution is 2.26. The van der Waals surface area contributed by atoms with Gasteiger partial charge in [0.1, 0.15) is 5.82 Å². The van der Waals surface area contributed by atoms with E-state index in [1.165, 1.54) is 6.07 Å². The summed E-state index contributed by atoms with van der Waals surface area (Å²) in [5, 5.41) is 8.54. The second-order valence-corrected chi connectivity index (χ2v) is 5.62. The molecule has 1 unspecified atom stereocenters. The number of rotatable bonds is 7. The summed E-state index contributed by atoms with van der Waals surface area (Å²) >= 11 is 1.16. The lowest BCUT2D eigenvalue weighted by atomic mass is 10.3. The van der Waals surface area contributed by atoms with Gasteiger partial charge < -0.3 is 15.0 Å². The number of hydrogen-bond acceptors (Lipinski definition) is 5. The monoisotopic (exact) mass is 342 g/mol. The van der Waals surface area contributed by atoms with Crippen molar-refractivity contribution in [2.24, 2.45) is 5.73 Å². The molecule has 2 N–H and O–H groups in total. The highest BCUT2D eigenvalue weighted by molar-refractivity contribution is 7.99. The molecule has 0 saturated carbocycles. The van der Waals surface area contributed by atoms with Crippen LogP contribution < -0.4 is 10.5 Å². The molecule has 0 fully saturated rings. The van der Waals surface area contributed by atoms with Crippen LogP contribution >= 0.6 is 11.8 Å². The van der Waals surface area contributed by atoms with Crippen molar-refractivity contribution in [1.82, 2.24) is 14.8 Å². The quantitative estimate of drug-likeness (QED) is 0.781. The van der Waals surface area contributed by atoms with Gasteiger partial charge in [-0.3, -0.25) is 4.79 Å². The second-order valence-electron chi connectivity index (χ2n) is 4.67. The fourth-order valence-electron chi connectivity index (χ4n) is 1.95. The molecule has 0 radical (unpaired) electrons. The number of nitrogens with zero attached hydrogens (tertiary/aromatic N) is 3. The molecule has 1 aromatic heterocycles. The number of benzene rings is 1. The molecule has 9 heteroatoms. The molecule has 0 spiro atoms. The van der Waals surface area contributed by atoms with Gasteiger partial charge in [0.15, 0.2) is 28.7 Å². The van der Waals surface area contributed by atoms with Crippen LogP contribution in [0.1, 0.15) is 25.8 Å². The minimum absolute atomic E-state index is 0.0732. The third-order valence-electron chi connectivity index (χ3n) is 2.97. The molecule has 1 heterocycles. The summed E-state index contributed by atoms with van der Waals surface area (Å²) in [6.07, 6.45) is -0.606. The van der Waals surface area contributed by atoms with Gasteiger partial charge in [-0.05, 0) is 26.0 Å². The Bertz CT molecular complexity index is 708. The molecule has 0 saturated heterocycles. The van der Waals surface area contributed by atoms with Gasteiger partial charge in [0.25, 0.3) is 0 Å². The van der Waals surface area contributed by atoms with E-state index in [-0.39, 0.29) is 11.5 Å². The molecule has 2 rings (SSSR count). The summed E-state index contributed by atoms with van der Waals surface area (Å²) in [4.78, 5) is 10.9. The summed E-state index contributed by atoms with van der Waals surface area (Å²) in [5.74, 6) is -1.44. The molecular weight excluding hydrogens is 326 g/mol. The molecule has 0 bridgehead atoms. The van der Waals surface area contributed by atoms with Crippen molar-refractivity contribution in [1.29, 1.82) is 0 Å². The predicted octanol–water partition coefficient (Wildman–Crippen LogP) is 2.29. The van der Waals surface area contributed by atoms with Crippen molar-refractivity contribution in [3.05, 3.63) is 35.7 Å². The Labute approximate surface area is 136 Å². The molecule has 1 amide bonds. The van der Waals surface area contributed by atoms with Crippen LogP contribution in [-0.4, -0.2) is 26.4 Å². The molecule has 23 heavy (non-hydrogen) atoms. The van der Waals surface area contributed by atoms with Gasteiger partial charge in [-0.1, -0.05) is 11.8 Å². The first-order chi connectivity index (χ1) is 10.9. The summed E-state index contributed by atoms with van der Waals surface area (Å²) in [6, 6.07) is 3.08. The highest BCUT2D eigenvalue weighted by atomic mass is 32.2. The number of primary amides is 1. The Balaban J connectivity index is 2.18. The van der Waals surface area contributed by atoms with Gasteiger partial charge in [0.2, 0.25) is 5.91 Å². The van der Waals surface area contributed by atoms with E-state index >= 15 is 0 Å². The van der Waals surface area contributed by atoms with Crippen LogP contribution in [0.5, 0.6) is 5.75 Å². The number of thioether (sulfide) groups is 1. The van der Waals surface area contributed by atoms with Crippen molar-refractivity contribution >= 4 is 17.7 Å². The topological polar surface area (TPSA) is 83.0 Å². The van der Waals surface area contributed by atoms with Crippen molar-refractivity contribution in [2.75, 3.05) is 5.75 Å². The minimum atomic E-state index is -0.789. The molecule has 0 aliphatic heterocycles. The highest BCUT2D eigenvalue weighted by Gasteiger charge is 2.20. The number of nitrogens with two attached hydrogens (primary N) is 1. The molecule has 124 valence electrons. The van der Waals surface area contributed by atoms with Crippen LogP contribution in [0.2, 0.25) is 0 Å². The average molecular weight is 342 g/mol. The number of ether oxygens (including phenoxy) is 1. The Morgan fingerprint density at radius 1 is 1.43 bits per heavy atom. The summed E-state index contributed by atoms with van der Waals surface area (Å²) < 4.78 is 33.8. The van der Waals surface area contributed by atoms with Gasteiger partial charge in [-0.15, -0.1) is 10.2 Å². The fraction of sp³-hybridized carbons (Fsp3) is 0.357. The third kappa shape index (κ3) is 4.19. The van der Waals surface area contributed by atoms with E-state index in [0.717, 1.165) is 23.9 Å². The molecule has 0 aliphatic carbocycles. The van der Waals surface area contributed by atoms with E-state index in [4.69, 9.17) is 10.5 Å². The first-order valence-corrected chi connectivity index (χ1v) is 7.86. The Hall–Kier alpha value is -2.16. The SMILES string of the molecule is CCn1c(SCC(N)=O)nnc1C(C)Oc1ccc(F)cc1F. The average Bonchev–Trinajstić information content (AvgIpc) is 2.90.